The number of fused-ring (bicyclic) bond motifs is 1. The number of carbonyl (C=O) groups excluding carboxylic acids is 1. The Kier molecular flexibility index (Phi) is 3.21. The summed E-state index contributed by atoms with van der Waals surface area (Å²) in [6.45, 7) is 4.53. The molecule has 3 nitrogen and oxygen atoms in total. The van der Waals surface area contributed by atoms with Crippen molar-refractivity contribution >= 4 is 28.5 Å². The number of rotatable bonds is 2. The number of benzene rings is 1. The molecule has 1 amide bonds. The van der Waals surface area contributed by atoms with Crippen LogP contribution < -0.4 is 5.32 Å². The summed E-state index contributed by atoms with van der Waals surface area (Å²) in [4.78, 5) is 11.5. The SMILES string of the molecule is CC(C)[C@H](O)c1cc(I)c2c(c1)CNC2=O. The fraction of sp³-hybridized carbons (Fsp3) is 0.417. The first-order valence-electron chi connectivity index (χ1n) is 5.29. The van der Waals surface area contributed by atoms with Crippen LogP contribution in [0.15, 0.2) is 12.1 Å². The molecule has 1 heterocycles. The molecule has 86 valence electrons. The maximum atomic E-state index is 11.5. The lowest BCUT2D eigenvalue weighted by Gasteiger charge is -2.16. The van der Waals surface area contributed by atoms with Crippen LogP contribution in [0.4, 0.5) is 0 Å². The van der Waals surface area contributed by atoms with Crippen molar-refractivity contribution in [2.24, 2.45) is 5.92 Å². The number of halogens is 1. The van der Waals surface area contributed by atoms with Gasteiger partial charge in [-0.3, -0.25) is 4.79 Å². The van der Waals surface area contributed by atoms with Crippen molar-refractivity contribution in [1.29, 1.82) is 0 Å². The van der Waals surface area contributed by atoms with Crippen LogP contribution in [0.25, 0.3) is 0 Å². The van der Waals surface area contributed by atoms with Crippen molar-refractivity contribution in [3.05, 3.63) is 32.4 Å². The van der Waals surface area contributed by atoms with Gasteiger partial charge in [-0.25, -0.2) is 0 Å². The number of nitrogens with one attached hydrogen (secondary N) is 1. The summed E-state index contributed by atoms with van der Waals surface area (Å²) in [7, 11) is 0. The smallest absolute Gasteiger partial charge is 0.252 e. The first-order valence-corrected chi connectivity index (χ1v) is 6.37. The molecule has 1 aromatic carbocycles. The van der Waals surface area contributed by atoms with Crippen molar-refractivity contribution in [2.45, 2.75) is 26.5 Å². The summed E-state index contributed by atoms with van der Waals surface area (Å²) in [5, 5.41) is 12.8. The van der Waals surface area contributed by atoms with Crippen molar-refractivity contribution in [3.63, 3.8) is 0 Å². The number of hydrogen-bond acceptors (Lipinski definition) is 2. The van der Waals surface area contributed by atoms with Gasteiger partial charge in [0.15, 0.2) is 0 Å². The molecule has 0 radical (unpaired) electrons. The Morgan fingerprint density at radius 2 is 2.12 bits per heavy atom. The Morgan fingerprint density at radius 1 is 1.44 bits per heavy atom. The van der Waals surface area contributed by atoms with E-state index in [4.69, 9.17) is 0 Å². The third-order valence-electron chi connectivity index (χ3n) is 2.83. The second-order valence-corrected chi connectivity index (χ2v) is 5.57. The second-order valence-electron chi connectivity index (χ2n) is 4.41. The van der Waals surface area contributed by atoms with Crippen LogP contribution in [0.3, 0.4) is 0 Å². The summed E-state index contributed by atoms with van der Waals surface area (Å²) in [6, 6.07) is 3.83. The van der Waals surface area contributed by atoms with E-state index in [0.717, 1.165) is 20.3 Å². The van der Waals surface area contributed by atoms with Crippen molar-refractivity contribution in [3.8, 4) is 0 Å². The number of hydrogen-bond donors (Lipinski definition) is 2. The van der Waals surface area contributed by atoms with E-state index in [1.807, 2.05) is 26.0 Å². The highest BCUT2D eigenvalue weighted by Gasteiger charge is 2.24. The Balaban J connectivity index is 2.46. The van der Waals surface area contributed by atoms with Crippen LogP contribution in [0.1, 0.15) is 41.4 Å². The van der Waals surface area contributed by atoms with Crippen LogP contribution in [0.2, 0.25) is 0 Å². The van der Waals surface area contributed by atoms with Gasteiger partial charge in [0.2, 0.25) is 0 Å². The molecule has 0 bridgehead atoms. The average molecular weight is 331 g/mol. The molecule has 1 aliphatic heterocycles. The fourth-order valence-corrected chi connectivity index (χ4v) is 2.85. The highest BCUT2D eigenvalue weighted by Crippen LogP contribution is 2.29. The predicted molar refractivity (Wildman–Crippen MR) is 70.1 cm³/mol. The largest absolute Gasteiger partial charge is 0.388 e. The van der Waals surface area contributed by atoms with Gasteiger partial charge < -0.3 is 10.4 Å². The van der Waals surface area contributed by atoms with Gasteiger partial charge in [0, 0.05) is 10.1 Å². The quantitative estimate of drug-likeness (QED) is 0.817. The number of aliphatic hydroxyl groups is 1. The second kappa shape index (κ2) is 4.33. The van der Waals surface area contributed by atoms with Gasteiger partial charge in [-0.1, -0.05) is 19.9 Å². The maximum Gasteiger partial charge on any atom is 0.252 e. The number of aliphatic hydroxyl groups excluding tert-OH is 1. The molecule has 1 aliphatic rings. The van der Waals surface area contributed by atoms with Crippen molar-refractivity contribution < 1.29 is 9.90 Å². The lowest BCUT2D eigenvalue weighted by Crippen LogP contribution is -2.13. The zero-order valence-corrected chi connectivity index (χ0v) is 11.4. The normalized spacial score (nSPS) is 16.2. The Labute approximate surface area is 108 Å². The standard InChI is InChI=1S/C12H14INO2/c1-6(2)11(15)7-3-8-5-14-12(16)10(8)9(13)4-7/h3-4,6,11,15H,5H2,1-2H3,(H,14,16)/t11-/m0/s1. The van der Waals surface area contributed by atoms with E-state index in [-0.39, 0.29) is 11.8 Å². The topological polar surface area (TPSA) is 49.3 Å². The molecule has 2 rings (SSSR count). The third-order valence-corrected chi connectivity index (χ3v) is 3.68. The number of carbonyl (C=O) groups is 1. The van der Waals surface area contributed by atoms with Gasteiger partial charge in [-0.05, 0) is 45.7 Å². The Bertz CT molecular complexity index is 443. The Hall–Kier alpha value is -0.620. The van der Waals surface area contributed by atoms with Crippen molar-refractivity contribution in [2.75, 3.05) is 0 Å². The molecule has 0 aromatic heterocycles. The summed E-state index contributed by atoms with van der Waals surface area (Å²) in [6.07, 6.45) is -0.463. The molecule has 1 atom stereocenters. The predicted octanol–water partition coefficient (Wildman–Crippen LogP) is 2.22. The molecule has 2 N–H and O–H groups in total. The van der Waals surface area contributed by atoms with E-state index in [1.165, 1.54) is 0 Å². The fourth-order valence-electron chi connectivity index (χ4n) is 1.90. The lowest BCUT2D eigenvalue weighted by molar-refractivity contribution is 0.0964. The molecular formula is C12H14INO2. The third kappa shape index (κ3) is 1.96. The van der Waals surface area contributed by atoms with Gasteiger partial charge in [0.05, 0.1) is 11.7 Å². The minimum absolute atomic E-state index is 0.00927. The summed E-state index contributed by atoms with van der Waals surface area (Å²) in [5.41, 5.74) is 2.65. The highest BCUT2D eigenvalue weighted by atomic mass is 127. The minimum Gasteiger partial charge on any atom is -0.388 e. The van der Waals surface area contributed by atoms with Crippen LogP contribution in [0.5, 0.6) is 0 Å². The van der Waals surface area contributed by atoms with Gasteiger partial charge >= 0.3 is 0 Å². The van der Waals surface area contributed by atoms with E-state index in [2.05, 4.69) is 27.9 Å². The lowest BCUT2D eigenvalue weighted by atomic mass is 9.96. The molecule has 0 saturated heterocycles. The highest BCUT2D eigenvalue weighted by molar-refractivity contribution is 14.1. The van der Waals surface area contributed by atoms with Crippen molar-refractivity contribution in [1.82, 2.24) is 5.32 Å². The Morgan fingerprint density at radius 3 is 2.75 bits per heavy atom. The molecule has 4 heteroatoms. The van der Waals surface area contributed by atoms with Gasteiger partial charge in [-0.2, -0.15) is 0 Å². The maximum absolute atomic E-state index is 11.5. The van der Waals surface area contributed by atoms with Gasteiger partial charge in [0.25, 0.3) is 5.91 Å². The monoisotopic (exact) mass is 331 g/mol. The van der Waals surface area contributed by atoms with E-state index < -0.39 is 6.10 Å². The molecule has 16 heavy (non-hydrogen) atoms. The van der Waals surface area contributed by atoms with Crippen LogP contribution >= 0.6 is 22.6 Å². The van der Waals surface area contributed by atoms with Crippen LogP contribution in [-0.2, 0) is 6.54 Å². The van der Waals surface area contributed by atoms with E-state index in [1.54, 1.807) is 0 Å². The molecule has 0 saturated carbocycles. The van der Waals surface area contributed by atoms with E-state index >= 15 is 0 Å². The first-order chi connectivity index (χ1) is 7.50. The van der Waals surface area contributed by atoms with E-state index in [0.29, 0.717) is 6.54 Å². The summed E-state index contributed by atoms with van der Waals surface area (Å²) in [5.74, 6) is 0.170. The number of amides is 1. The average Bonchev–Trinajstić information content (AvgIpc) is 2.59. The molecular weight excluding hydrogens is 317 g/mol. The minimum atomic E-state index is -0.463. The summed E-state index contributed by atoms with van der Waals surface area (Å²) < 4.78 is 0.916. The zero-order chi connectivity index (χ0) is 11.9. The molecule has 1 aromatic rings. The molecule has 0 fully saturated rings. The van der Waals surface area contributed by atoms with Crippen LogP contribution in [0, 0.1) is 9.49 Å². The van der Waals surface area contributed by atoms with E-state index in [9.17, 15) is 9.90 Å². The first kappa shape index (κ1) is 11.9. The molecule has 0 aliphatic carbocycles. The van der Waals surface area contributed by atoms with Crippen LogP contribution in [-0.4, -0.2) is 11.0 Å². The van der Waals surface area contributed by atoms with Gasteiger partial charge in [0.1, 0.15) is 0 Å². The molecule has 0 unspecified atom stereocenters. The van der Waals surface area contributed by atoms with Gasteiger partial charge in [-0.15, -0.1) is 0 Å². The zero-order valence-electron chi connectivity index (χ0n) is 9.25. The summed E-state index contributed by atoms with van der Waals surface area (Å²) >= 11 is 2.15. The molecule has 0 spiro atoms.